The molecule has 0 aliphatic carbocycles. The number of hydrogen-bond donors (Lipinski definition) is 2. The molecule has 6 heteroatoms. The summed E-state index contributed by atoms with van der Waals surface area (Å²) in [6.07, 6.45) is 0. The Morgan fingerprint density at radius 3 is 2.32 bits per heavy atom. The number of carbonyl (C=O) groups is 2. The van der Waals surface area contributed by atoms with Gasteiger partial charge in [-0.05, 0) is 38.7 Å². The predicted octanol–water partition coefficient (Wildman–Crippen LogP) is 2.68. The molecule has 1 heterocycles. The van der Waals surface area contributed by atoms with E-state index in [0.29, 0.717) is 13.1 Å². The number of aromatic hydroxyl groups is 1. The normalized spacial score (nSPS) is 18.9. The number of likely N-dealkylation sites (tertiary alicyclic amines) is 1. The first-order valence-electron chi connectivity index (χ1n) is 9.09. The van der Waals surface area contributed by atoms with Crippen LogP contribution in [-0.4, -0.2) is 58.9 Å². The first-order chi connectivity index (χ1) is 13.3. The Balaban J connectivity index is 2.16. The molecule has 28 heavy (non-hydrogen) atoms. The maximum absolute atomic E-state index is 12.8. The van der Waals surface area contributed by atoms with Crippen molar-refractivity contribution in [3.8, 4) is 5.75 Å². The third-order valence-electron chi connectivity index (χ3n) is 4.88. The highest BCUT2D eigenvalue weighted by molar-refractivity contribution is 6.46. The van der Waals surface area contributed by atoms with Crippen LogP contribution in [0.1, 0.15) is 22.7 Å². The molecule has 146 valence electrons. The molecule has 0 spiro atoms. The van der Waals surface area contributed by atoms with E-state index >= 15 is 0 Å². The standard InChI is InChI=1S/C22H24N2O4/c1-14-8-10-15(11-9-14)19-18(20(26)16-6-4-5-7-17(16)25)21(27)22(28)24(19)13-12-23(2)3/h4-11,19,25-26H,12-13H2,1-3H3. The van der Waals surface area contributed by atoms with E-state index in [1.165, 1.54) is 17.0 Å². The van der Waals surface area contributed by atoms with Gasteiger partial charge >= 0.3 is 0 Å². The molecule has 1 unspecified atom stereocenters. The van der Waals surface area contributed by atoms with Gasteiger partial charge in [-0.1, -0.05) is 42.0 Å². The lowest BCUT2D eigenvalue weighted by atomic mass is 9.94. The summed E-state index contributed by atoms with van der Waals surface area (Å²) < 4.78 is 0. The number of aliphatic hydroxyl groups excluding tert-OH is 1. The van der Waals surface area contributed by atoms with Crippen molar-refractivity contribution in [2.45, 2.75) is 13.0 Å². The maximum atomic E-state index is 12.8. The van der Waals surface area contributed by atoms with Gasteiger partial charge in [0.05, 0.1) is 17.2 Å². The molecule has 6 nitrogen and oxygen atoms in total. The summed E-state index contributed by atoms with van der Waals surface area (Å²) in [6.45, 7) is 2.87. The van der Waals surface area contributed by atoms with Crippen molar-refractivity contribution in [2.75, 3.05) is 27.2 Å². The van der Waals surface area contributed by atoms with Crippen molar-refractivity contribution in [1.29, 1.82) is 0 Å². The molecule has 1 atom stereocenters. The van der Waals surface area contributed by atoms with Crippen LogP contribution >= 0.6 is 0 Å². The summed E-state index contributed by atoms with van der Waals surface area (Å²) in [7, 11) is 3.78. The second-order valence-electron chi connectivity index (χ2n) is 7.22. The largest absolute Gasteiger partial charge is 0.507 e. The van der Waals surface area contributed by atoms with Crippen molar-refractivity contribution in [3.63, 3.8) is 0 Å². The number of amides is 1. The zero-order valence-corrected chi connectivity index (χ0v) is 16.2. The minimum Gasteiger partial charge on any atom is -0.507 e. The number of phenols is 1. The van der Waals surface area contributed by atoms with Crippen molar-refractivity contribution < 1.29 is 19.8 Å². The molecule has 0 radical (unpaired) electrons. The average Bonchev–Trinajstić information content (AvgIpc) is 2.91. The van der Waals surface area contributed by atoms with E-state index in [9.17, 15) is 19.8 Å². The molecule has 2 aromatic carbocycles. The fourth-order valence-electron chi connectivity index (χ4n) is 3.33. The first-order valence-corrected chi connectivity index (χ1v) is 9.09. The first kappa shape index (κ1) is 19.6. The highest BCUT2D eigenvalue weighted by Gasteiger charge is 2.46. The molecular formula is C22H24N2O4. The van der Waals surface area contributed by atoms with E-state index in [2.05, 4.69) is 0 Å². The smallest absolute Gasteiger partial charge is 0.295 e. The van der Waals surface area contributed by atoms with E-state index < -0.39 is 17.7 Å². The molecule has 3 rings (SSSR count). The third kappa shape index (κ3) is 3.64. The van der Waals surface area contributed by atoms with Crippen molar-refractivity contribution in [1.82, 2.24) is 9.80 Å². The van der Waals surface area contributed by atoms with Gasteiger partial charge < -0.3 is 20.0 Å². The van der Waals surface area contributed by atoms with Gasteiger partial charge in [0, 0.05) is 13.1 Å². The van der Waals surface area contributed by atoms with Gasteiger partial charge in [-0.15, -0.1) is 0 Å². The van der Waals surface area contributed by atoms with Gasteiger partial charge in [-0.25, -0.2) is 0 Å². The van der Waals surface area contributed by atoms with Crippen LogP contribution in [0.15, 0.2) is 54.1 Å². The lowest BCUT2D eigenvalue weighted by molar-refractivity contribution is -0.140. The van der Waals surface area contributed by atoms with Gasteiger partial charge in [0.1, 0.15) is 11.5 Å². The third-order valence-corrected chi connectivity index (χ3v) is 4.88. The predicted molar refractivity (Wildman–Crippen MR) is 107 cm³/mol. The van der Waals surface area contributed by atoms with Gasteiger partial charge in [0.2, 0.25) is 0 Å². The molecule has 1 aliphatic rings. The quantitative estimate of drug-likeness (QED) is 0.474. The molecule has 1 saturated heterocycles. The Kier molecular flexibility index (Phi) is 5.51. The summed E-state index contributed by atoms with van der Waals surface area (Å²) >= 11 is 0. The lowest BCUT2D eigenvalue weighted by Crippen LogP contribution is -2.35. The van der Waals surface area contributed by atoms with Crippen LogP contribution in [0.3, 0.4) is 0 Å². The highest BCUT2D eigenvalue weighted by atomic mass is 16.3. The Morgan fingerprint density at radius 1 is 1.07 bits per heavy atom. The monoisotopic (exact) mass is 380 g/mol. The number of carbonyl (C=O) groups excluding carboxylic acids is 2. The number of Topliss-reactive ketones (excluding diaryl/α,β-unsaturated/α-hetero) is 1. The SMILES string of the molecule is Cc1ccc(C2C(=C(O)c3ccccc3O)C(=O)C(=O)N2CCN(C)C)cc1. The Morgan fingerprint density at radius 2 is 1.71 bits per heavy atom. The van der Waals surface area contributed by atoms with Crippen LogP contribution in [0.4, 0.5) is 0 Å². The second-order valence-corrected chi connectivity index (χ2v) is 7.22. The number of nitrogens with zero attached hydrogens (tertiary/aromatic N) is 2. The molecule has 0 aromatic heterocycles. The molecular weight excluding hydrogens is 356 g/mol. The van der Waals surface area contributed by atoms with Crippen molar-refractivity contribution in [2.24, 2.45) is 0 Å². The van der Waals surface area contributed by atoms with Crippen molar-refractivity contribution >= 4 is 17.4 Å². The van der Waals surface area contributed by atoms with Crippen LogP contribution in [0, 0.1) is 6.92 Å². The summed E-state index contributed by atoms with van der Waals surface area (Å²) in [5.41, 5.74) is 1.91. The lowest BCUT2D eigenvalue weighted by Gasteiger charge is -2.26. The molecule has 0 saturated carbocycles. The van der Waals surface area contributed by atoms with Gasteiger partial charge in [-0.2, -0.15) is 0 Å². The number of phenolic OH excluding ortho intramolecular Hbond substituents is 1. The molecule has 1 amide bonds. The fraction of sp³-hybridized carbons (Fsp3) is 0.273. The van der Waals surface area contributed by atoms with E-state index in [-0.39, 0.29) is 22.6 Å². The minimum absolute atomic E-state index is 0.00545. The Bertz CT molecular complexity index is 932. The van der Waals surface area contributed by atoms with Crippen molar-refractivity contribution in [3.05, 3.63) is 70.8 Å². The second kappa shape index (κ2) is 7.86. The molecule has 1 aliphatic heterocycles. The number of aliphatic hydroxyl groups is 1. The van der Waals surface area contributed by atoms with Gasteiger partial charge in [0.25, 0.3) is 11.7 Å². The topological polar surface area (TPSA) is 81.1 Å². The molecule has 2 N–H and O–H groups in total. The van der Waals surface area contributed by atoms with Crippen LogP contribution in [0.2, 0.25) is 0 Å². The van der Waals surface area contributed by atoms with Gasteiger partial charge in [-0.3, -0.25) is 9.59 Å². The fourth-order valence-corrected chi connectivity index (χ4v) is 3.33. The summed E-state index contributed by atoms with van der Waals surface area (Å²) in [6, 6.07) is 13.0. The zero-order valence-electron chi connectivity index (χ0n) is 16.2. The van der Waals surface area contributed by atoms with Gasteiger partial charge in [0.15, 0.2) is 0 Å². The highest BCUT2D eigenvalue weighted by Crippen LogP contribution is 2.40. The van der Waals surface area contributed by atoms with E-state index in [4.69, 9.17) is 0 Å². The van der Waals surface area contributed by atoms with Crippen LogP contribution in [0.25, 0.3) is 5.76 Å². The summed E-state index contributed by atoms with van der Waals surface area (Å²) in [4.78, 5) is 29.0. The molecule has 1 fully saturated rings. The summed E-state index contributed by atoms with van der Waals surface area (Å²) in [5, 5.41) is 21.0. The number of hydrogen-bond acceptors (Lipinski definition) is 5. The maximum Gasteiger partial charge on any atom is 0.295 e. The Hall–Kier alpha value is -3.12. The zero-order chi connectivity index (χ0) is 20.4. The van der Waals surface area contributed by atoms with Crippen LogP contribution in [-0.2, 0) is 9.59 Å². The average molecular weight is 380 g/mol. The van der Waals surface area contributed by atoms with E-state index in [1.54, 1.807) is 12.1 Å². The minimum atomic E-state index is -0.745. The number of likely N-dealkylation sites (N-methyl/N-ethyl adjacent to an activating group) is 1. The number of aryl methyl sites for hydroxylation is 1. The number of ketones is 1. The van der Waals surface area contributed by atoms with Crippen LogP contribution in [0.5, 0.6) is 5.75 Å². The molecule has 0 bridgehead atoms. The van der Waals surface area contributed by atoms with E-state index in [0.717, 1.165) is 11.1 Å². The van der Waals surface area contributed by atoms with Crippen LogP contribution < -0.4 is 0 Å². The Labute approximate surface area is 164 Å². The summed E-state index contributed by atoms with van der Waals surface area (Å²) in [5.74, 6) is -1.91. The van der Waals surface area contributed by atoms with E-state index in [1.807, 2.05) is 50.2 Å². The number of para-hydroxylation sites is 1. The number of benzene rings is 2. The molecule has 2 aromatic rings. The number of rotatable bonds is 5.